The van der Waals surface area contributed by atoms with E-state index in [0.29, 0.717) is 11.4 Å². The number of ether oxygens (including phenoxy) is 2. The molecule has 1 fully saturated rings. The Bertz CT molecular complexity index is 1040. The molecular formula is C24H27FN2O5. The Labute approximate surface area is 186 Å². The van der Waals surface area contributed by atoms with Crippen molar-refractivity contribution in [3.05, 3.63) is 58.9 Å². The van der Waals surface area contributed by atoms with Crippen molar-refractivity contribution in [1.82, 2.24) is 4.90 Å². The molecule has 3 rings (SSSR count). The van der Waals surface area contributed by atoms with Gasteiger partial charge < -0.3 is 9.47 Å². The number of aryl methyl sites for hydroxylation is 2. The van der Waals surface area contributed by atoms with E-state index in [2.05, 4.69) is 0 Å². The zero-order valence-corrected chi connectivity index (χ0v) is 18.9. The number of esters is 1. The van der Waals surface area contributed by atoms with E-state index in [1.165, 1.54) is 23.1 Å². The zero-order valence-electron chi connectivity index (χ0n) is 18.9. The van der Waals surface area contributed by atoms with Gasteiger partial charge in [-0.15, -0.1) is 0 Å². The first-order valence-corrected chi connectivity index (χ1v) is 10.4. The normalized spacial score (nSPS) is 14.2. The lowest BCUT2D eigenvalue weighted by molar-refractivity contribution is -0.158. The molecule has 2 aromatic carbocycles. The Morgan fingerprint density at radius 3 is 2.38 bits per heavy atom. The molecule has 0 spiro atoms. The van der Waals surface area contributed by atoms with Crippen LogP contribution in [0.4, 0.5) is 14.9 Å². The summed E-state index contributed by atoms with van der Waals surface area (Å²) in [4.78, 5) is 39.9. The van der Waals surface area contributed by atoms with Gasteiger partial charge in [0.25, 0.3) is 5.91 Å². The number of rotatable bonds is 7. The summed E-state index contributed by atoms with van der Waals surface area (Å²) in [6.07, 6.45) is 0. The van der Waals surface area contributed by atoms with Crippen LogP contribution in [0.1, 0.15) is 37.5 Å². The summed E-state index contributed by atoms with van der Waals surface area (Å²) in [7, 11) is 0. The Hall–Kier alpha value is -3.42. The minimum atomic E-state index is -1.17. The van der Waals surface area contributed by atoms with Gasteiger partial charge in [-0.2, -0.15) is 0 Å². The molecule has 0 aromatic heterocycles. The predicted octanol–water partition coefficient (Wildman–Crippen LogP) is 4.13. The lowest BCUT2D eigenvalue weighted by Crippen LogP contribution is -2.40. The smallest absolute Gasteiger partial charge is 0.349 e. The van der Waals surface area contributed by atoms with E-state index >= 15 is 0 Å². The highest BCUT2D eigenvalue weighted by Gasteiger charge is 2.37. The van der Waals surface area contributed by atoms with E-state index in [4.69, 9.17) is 9.47 Å². The summed E-state index contributed by atoms with van der Waals surface area (Å²) in [5.74, 6) is -0.757. The second kappa shape index (κ2) is 8.98. The first-order valence-electron chi connectivity index (χ1n) is 10.4. The third-order valence-electron chi connectivity index (χ3n) is 5.16. The maximum Gasteiger partial charge on any atom is 0.349 e. The van der Waals surface area contributed by atoms with Gasteiger partial charge in [0.05, 0.1) is 13.2 Å². The molecule has 170 valence electrons. The number of hydrogen-bond donors (Lipinski definition) is 0. The molecule has 0 unspecified atom stereocenters. The van der Waals surface area contributed by atoms with Crippen molar-refractivity contribution in [2.24, 2.45) is 0 Å². The Kier molecular flexibility index (Phi) is 6.52. The van der Waals surface area contributed by atoms with Crippen molar-refractivity contribution in [3.63, 3.8) is 0 Å². The highest BCUT2D eigenvalue weighted by atomic mass is 19.1. The van der Waals surface area contributed by atoms with Gasteiger partial charge in [-0.3, -0.25) is 14.6 Å². The second-order valence-corrected chi connectivity index (χ2v) is 8.22. The fraction of sp³-hybridized carbons (Fsp3) is 0.375. The van der Waals surface area contributed by atoms with Crippen LogP contribution >= 0.6 is 0 Å². The molecule has 8 heteroatoms. The topological polar surface area (TPSA) is 76.2 Å². The standard InChI is InChI=1S/C24H27FN2O5/c1-6-31-22(29)24(4,5)32-21-15(2)10-17(11-16(21)3)13-27-20(28)14-26(23(27)30)19-9-7-8-18(25)12-19/h7-12H,6,13-14H2,1-5H3. The molecule has 1 aliphatic rings. The molecular weight excluding hydrogens is 415 g/mol. The van der Waals surface area contributed by atoms with Crippen molar-refractivity contribution >= 4 is 23.6 Å². The molecule has 32 heavy (non-hydrogen) atoms. The molecule has 1 saturated heterocycles. The zero-order chi connectivity index (χ0) is 23.6. The van der Waals surface area contributed by atoms with Gasteiger partial charge in [-0.1, -0.05) is 18.2 Å². The van der Waals surface area contributed by atoms with E-state index in [9.17, 15) is 18.8 Å². The minimum absolute atomic E-state index is 0.0761. The Morgan fingerprint density at radius 2 is 1.78 bits per heavy atom. The number of urea groups is 1. The maximum absolute atomic E-state index is 13.5. The number of halogens is 1. The fourth-order valence-corrected chi connectivity index (χ4v) is 3.62. The van der Waals surface area contributed by atoms with E-state index in [-0.39, 0.29) is 25.6 Å². The summed E-state index contributed by atoms with van der Waals surface area (Å²) in [6.45, 7) is 8.87. The van der Waals surface area contributed by atoms with E-state index < -0.39 is 23.4 Å². The summed E-state index contributed by atoms with van der Waals surface area (Å²) in [5.41, 5.74) is 1.43. The van der Waals surface area contributed by atoms with Gasteiger partial charge in [0, 0.05) is 5.69 Å². The molecule has 0 saturated carbocycles. The third kappa shape index (κ3) is 4.74. The van der Waals surface area contributed by atoms with Crippen molar-refractivity contribution in [1.29, 1.82) is 0 Å². The predicted molar refractivity (Wildman–Crippen MR) is 117 cm³/mol. The second-order valence-electron chi connectivity index (χ2n) is 8.22. The monoisotopic (exact) mass is 442 g/mol. The van der Waals surface area contributed by atoms with Crippen LogP contribution in [0.3, 0.4) is 0 Å². The number of imide groups is 1. The van der Waals surface area contributed by atoms with E-state index in [0.717, 1.165) is 21.6 Å². The number of amides is 3. The lowest BCUT2D eigenvalue weighted by atomic mass is 10.0. The molecule has 0 aliphatic carbocycles. The lowest BCUT2D eigenvalue weighted by Gasteiger charge is -2.26. The average Bonchev–Trinajstić information content (AvgIpc) is 2.99. The van der Waals surface area contributed by atoms with Crippen LogP contribution in [-0.2, 0) is 20.9 Å². The highest BCUT2D eigenvalue weighted by Crippen LogP contribution is 2.30. The van der Waals surface area contributed by atoms with E-state index in [1.54, 1.807) is 26.8 Å². The van der Waals surface area contributed by atoms with Gasteiger partial charge in [0.15, 0.2) is 5.60 Å². The molecule has 7 nitrogen and oxygen atoms in total. The number of carbonyl (C=O) groups is 3. The number of nitrogens with zero attached hydrogens (tertiary/aromatic N) is 2. The molecule has 0 atom stereocenters. The van der Waals surface area contributed by atoms with Crippen LogP contribution in [0.2, 0.25) is 0 Å². The van der Waals surface area contributed by atoms with Crippen LogP contribution in [0.15, 0.2) is 36.4 Å². The van der Waals surface area contributed by atoms with Gasteiger partial charge in [-0.25, -0.2) is 14.0 Å². The summed E-state index contributed by atoms with van der Waals surface area (Å²) >= 11 is 0. The first kappa shape index (κ1) is 23.2. The van der Waals surface area contributed by atoms with Crippen molar-refractivity contribution in [2.75, 3.05) is 18.1 Å². The number of anilines is 1. The third-order valence-corrected chi connectivity index (χ3v) is 5.16. The molecule has 2 aromatic rings. The average molecular weight is 442 g/mol. The van der Waals surface area contributed by atoms with Crippen LogP contribution in [0.5, 0.6) is 5.75 Å². The molecule has 0 radical (unpaired) electrons. The van der Waals surface area contributed by atoms with Crippen molar-refractivity contribution < 1.29 is 28.2 Å². The highest BCUT2D eigenvalue weighted by molar-refractivity contribution is 6.12. The Balaban J connectivity index is 1.79. The largest absolute Gasteiger partial charge is 0.476 e. The Morgan fingerprint density at radius 1 is 1.12 bits per heavy atom. The number of benzene rings is 2. The van der Waals surface area contributed by atoms with Crippen molar-refractivity contribution in [3.8, 4) is 5.75 Å². The molecule has 0 N–H and O–H groups in total. The summed E-state index contributed by atoms with van der Waals surface area (Å²) in [6, 6.07) is 8.71. The number of hydrogen-bond acceptors (Lipinski definition) is 5. The molecule has 1 aliphatic heterocycles. The first-order chi connectivity index (χ1) is 15.0. The summed E-state index contributed by atoms with van der Waals surface area (Å²) in [5, 5.41) is 0. The van der Waals surface area contributed by atoms with Crippen LogP contribution < -0.4 is 9.64 Å². The SMILES string of the molecule is CCOC(=O)C(C)(C)Oc1c(C)cc(CN2C(=O)CN(c3cccc(F)c3)C2=O)cc1C. The van der Waals surface area contributed by atoms with Crippen LogP contribution in [0.25, 0.3) is 0 Å². The summed E-state index contributed by atoms with van der Waals surface area (Å²) < 4.78 is 24.6. The minimum Gasteiger partial charge on any atom is -0.476 e. The van der Waals surface area contributed by atoms with Crippen LogP contribution in [0, 0.1) is 19.7 Å². The van der Waals surface area contributed by atoms with E-state index in [1.807, 2.05) is 26.0 Å². The van der Waals surface area contributed by atoms with Gasteiger partial charge in [-0.05, 0) is 69.5 Å². The van der Waals surface area contributed by atoms with Crippen LogP contribution in [-0.4, -0.2) is 41.6 Å². The quantitative estimate of drug-likeness (QED) is 0.476. The van der Waals surface area contributed by atoms with Gasteiger partial charge >= 0.3 is 12.0 Å². The van der Waals surface area contributed by atoms with Crippen molar-refractivity contribution in [2.45, 2.75) is 46.8 Å². The maximum atomic E-state index is 13.5. The molecule has 3 amide bonds. The fourth-order valence-electron chi connectivity index (χ4n) is 3.62. The molecule has 1 heterocycles. The molecule has 0 bridgehead atoms. The van der Waals surface area contributed by atoms with Gasteiger partial charge in [0.2, 0.25) is 0 Å². The number of carbonyl (C=O) groups excluding carboxylic acids is 3. The van der Waals surface area contributed by atoms with Gasteiger partial charge in [0.1, 0.15) is 18.1 Å².